The minimum absolute atomic E-state index is 0.00422. The predicted molar refractivity (Wildman–Crippen MR) is 94.4 cm³/mol. The monoisotopic (exact) mass is 340 g/mol. The number of carbonyl (C=O) groups excluding carboxylic acids is 2. The van der Waals surface area contributed by atoms with Crippen molar-refractivity contribution in [1.29, 1.82) is 0 Å². The number of nitrogens with zero attached hydrogens (tertiary/aromatic N) is 2. The van der Waals surface area contributed by atoms with Crippen molar-refractivity contribution in [3.63, 3.8) is 0 Å². The second-order valence-electron chi connectivity index (χ2n) is 5.22. The molecule has 25 heavy (non-hydrogen) atoms. The summed E-state index contributed by atoms with van der Waals surface area (Å²) in [5, 5.41) is 0.699. The molecule has 0 aliphatic heterocycles. The first-order valence-electron chi connectivity index (χ1n) is 7.92. The third-order valence-corrected chi connectivity index (χ3v) is 3.49. The van der Waals surface area contributed by atoms with E-state index in [0.717, 1.165) is 0 Å². The zero-order valence-electron chi connectivity index (χ0n) is 14.7. The first-order chi connectivity index (χ1) is 12.0. The number of carbonyl (C=O) groups is 2. The lowest BCUT2D eigenvalue weighted by Crippen LogP contribution is -2.16. The molecule has 0 amide bonds. The van der Waals surface area contributed by atoms with Gasteiger partial charge in [0, 0.05) is 17.3 Å². The molecule has 0 atom stereocenters. The van der Waals surface area contributed by atoms with Crippen molar-refractivity contribution in [1.82, 2.24) is 9.97 Å². The number of aromatic nitrogens is 2. The molecule has 2 rings (SSSR count). The third-order valence-electron chi connectivity index (χ3n) is 3.49. The SMILES string of the molecule is C/C=C\C(=C/CC)C(=O)Oc1c(C(=O)OC)nc(C)c2cccnc12. The summed E-state index contributed by atoms with van der Waals surface area (Å²) in [6, 6.07) is 3.56. The summed E-state index contributed by atoms with van der Waals surface area (Å²) in [5.41, 5.74) is 1.31. The largest absolute Gasteiger partial charge is 0.464 e. The lowest BCUT2D eigenvalue weighted by Gasteiger charge is -2.12. The minimum Gasteiger partial charge on any atom is -0.464 e. The van der Waals surface area contributed by atoms with E-state index in [1.807, 2.05) is 6.92 Å². The first kappa shape index (κ1) is 18.3. The Morgan fingerprint density at radius 1 is 1.32 bits per heavy atom. The standard InChI is InChI=1S/C19H20N2O4/c1-5-8-13(9-6-2)18(22)25-17-15-14(10-7-11-20-15)12(3)21-16(17)19(23)24-4/h5,7-11H,6H2,1-4H3/b8-5-,13-9+. The van der Waals surface area contributed by atoms with Crippen molar-refractivity contribution in [2.24, 2.45) is 0 Å². The summed E-state index contributed by atoms with van der Waals surface area (Å²) in [6.07, 6.45) is 7.38. The van der Waals surface area contributed by atoms with Crippen molar-refractivity contribution in [2.75, 3.05) is 7.11 Å². The van der Waals surface area contributed by atoms with Gasteiger partial charge in [-0.1, -0.05) is 25.2 Å². The lowest BCUT2D eigenvalue weighted by molar-refractivity contribution is -0.129. The molecule has 0 saturated heterocycles. The normalized spacial score (nSPS) is 11.8. The Kier molecular flexibility index (Phi) is 6.00. The highest BCUT2D eigenvalue weighted by Gasteiger charge is 2.24. The molecule has 0 bridgehead atoms. The molecule has 6 heteroatoms. The van der Waals surface area contributed by atoms with Crippen LogP contribution in [0.5, 0.6) is 5.75 Å². The molecule has 0 aliphatic rings. The quantitative estimate of drug-likeness (QED) is 0.470. The molecule has 0 aromatic carbocycles. The van der Waals surface area contributed by atoms with Crippen LogP contribution in [-0.2, 0) is 9.53 Å². The highest BCUT2D eigenvalue weighted by atomic mass is 16.5. The fraction of sp³-hybridized carbons (Fsp3) is 0.263. The van der Waals surface area contributed by atoms with Crippen LogP contribution in [-0.4, -0.2) is 29.0 Å². The maximum absolute atomic E-state index is 12.5. The molecule has 2 heterocycles. The van der Waals surface area contributed by atoms with E-state index in [1.165, 1.54) is 7.11 Å². The molecule has 0 unspecified atom stereocenters. The van der Waals surface area contributed by atoms with Crippen molar-refractivity contribution in [3.05, 3.63) is 53.5 Å². The summed E-state index contributed by atoms with van der Waals surface area (Å²) < 4.78 is 10.3. The number of pyridine rings is 2. The van der Waals surface area contributed by atoms with Gasteiger partial charge in [-0.15, -0.1) is 0 Å². The fourth-order valence-corrected chi connectivity index (χ4v) is 2.37. The Bertz CT molecular complexity index is 869. The zero-order chi connectivity index (χ0) is 18.4. The summed E-state index contributed by atoms with van der Waals surface area (Å²) in [7, 11) is 1.25. The highest BCUT2D eigenvalue weighted by molar-refractivity contribution is 6.02. The third kappa shape index (κ3) is 3.91. The maximum atomic E-state index is 12.5. The van der Waals surface area contributed by atoms with E-state index in [0.29, 0.717) is 28.6 Å². The second-order valence-corrected chi connectivity index (χ2v) is 5.22. The molecular formula is C19H20N2O4. The molecule has 6 nitrogen and oxygen atoms in total. The van der Waals surface area contributed by atoms with Gasteiger partial charge in [0.05, 0.1) is 12.7 Å². The van der Waals surface area contributed by atoms with E-state index in [-0.39, 0.29) is 11.4 Å². The molecule has 0 saturated carbocycles. The predicted octanol–water partition coefficient (Wildman–Crippen LogP) is 3.54. The Morgan fingerprint density at radius 2 is 2.08 bits per heavy atom. The van der Waals surface area contributed by atoms with Gasteiger partial charge in [-0.2, -0.15) is 0 Å². The number of fused-ring (bicyclic) bond motifs is 1. The average Bonchev–Trinajstić information content (AvgIpc) is 2.63. The Morgan fingerprint density at radius 3 is 2.72 bits per heavy atom. The summed E-state index contributed by atoms with van der Waals surface area (Å²) >= 11 is 0. The Balaban J connectivity index is 2.62. The molecule has 0 N–H and O–H groups in total. The van der Waals surface area contributed by atoms with Gasteiger partial charge in [-0.25, -0.2) is 14.6 Å². The zero-order valence-corrected chi connectivity index (χ0v) is 14.7. The lowest BCUT2D eigenvalue weighted by atomic mass is 10.1. The van der Waals surface area contributed by atoms with Crippen LogP contribution in [0.2, 0.25) is 0 Å². The van der Waals surface area contributed by atoms with E-state index >= 15 is 0 Å². The molecule has 2 aromatic heterocycles. The van der Waals surface area contributed by atoms with Gasteiger partial charge in [0.25, 0.3) is 0 Å². The van der Waals surface area contributed by atoms with E-state index in [1.54, 1.807) is 50.4 Å². The number of methoxy groups -OCH3 is 1. The molecule has 130 valence electrons. The molecule has 0 radical (unpaired) electrons. The number of aryl methyl sites for hydroxylation is 1. The first-order valence-corrected chi connectivity index (χ1v) is 7.92. The van der Waals surface area contributed by atoms with Gasteiger partial charge < -0.3 is 9.47 Å². The van der Waals surface area contributed by atoms with Gasteiger partial charge >= 0.3 is 11.9 Å². The van der Waals surface area contributed by atoms with Gasteiger partial charge in [0.1, 0.15) is 5.52 Å². The molecule has 0 spiro atoms. The molecule has 0 aliphatic carbocycles. The van der Waals surface area contributed by atoms with Gasteiger partial charge in [-0.3, -0.25) is 4.98 Å². The number of ether oxygens (including phenoxy) is 2. The maximum Gasteiger partial charge on any atom is 0.360 e. The number of hydrogen-bond donors (Lipinski definition) is 0. The van der Waals surface area contributed by atoms with Gasteiger partial charge in [0.15, 0.2) is 11.4 Å². The molecular weight excluding hydrogens is 320 g/mol. The van der Waals surface area contributed by atoms with Crippen molar-refractivity contribution in [2.45, 2.75) is 27.2 Å². The number of hydrogen-bond acceptors (Lipinski definition) is 6. The fourth-order valence-electron chi connectivity index (χ4n) is 2.37. The van der Waals surface area contributed by atoms with E-state index in [2.05, 4.69) is 9.97 Å². The van der Waals surface area contributed by atoms with Crippen LogP contribution in [0.4, 0.5) is 0 Å². The van der Waals surface area contributed by atoms with E-state index in [4.69, 9.17) is 9.47 Å². The molecule has 0 fully saturated rings. The van der Waals surface area contributed by atoms with Crippen LogP contribution in [0, 0.1) is 6.92 Å². The van der Waals surface area contributed by atoms with Crippen LogP contribution in [0.25, 0.3) is 10.9 Å². The Hall–Kier alpha value is -3.02. The summed E-state index contributed by atoms with van der Waals surface area (Å²) in [5.74, 6) is -1.27. The number of esters is 2. The minimum atomic E-state index is -0.689. The summed E-state index contributed by atoms with van der Waals surface area (Å²) in [6.45, 7) is 5.48. The van der Waals surface area contributed by atoms with E-state index in [9.17, 15) is 9.59 Å². The van der Waals surface area contributed by atoms with Crippen LogP contribution >= 0.6 is 0 Å². The Labute approximate surface area is 146 Å². The number of allylic oxidation sites excluding steroid dienone is 2. The smallest absolute Gasteiger partial charge is 0.360 e. The highest BCUT2D eigenvalue weighted by Crippen LogP contribution is 2.30. The van der Waals surface area contributed by atoms with Crippen molar-refractivity contribution < 1.29 is 19.1 Å². The van der Waals surface area contributed by atoms with Gasteiger partial charge in [0.2, 0.25) is 0 Å². The van der Waals surface area contributed by atoms with E-state index < -0.39 is 11.9 Å². The molecule has 2 aromatic rings. The van der Waals surface area contributed by atoms with Crippen molar-refractivity contribution in [3.8, 4) is 5.75 Å². The topological polar surface area (TPSA) is 78.4 Å². The van der Waals surface area contributed by atoms with Crippen molar-refractivity contribution >= 4 is 22.8 Å². The summed E-state index contributed by atoms with van der Waals surface area (Å²) in [4.78, 5) is 33.1. The van der Waals surface area contributed by atoms with Crippen LogP contribution in [0.3, 0.4) is 0 Å². The van der Waals surface area contributed by atoms with Crippen LogP contribution in [0.15, 0.2) is 42.1 Å². The number of rotatable bonds is 5. The van der Waals surface area contributed by atoms with Gasteiger partial charge in [-0.05, 0) is 32.4 Å². The van der Waals surface area contributed by atoms with Crippen LogP contribution in [0.1, 0.15) is 36.5 Å². The average molecular weight is 340 g/mol. The second kappa shape index (κ2) is 8.19. The van der Waals surface area contributed by atoms with Crippen LogP contribution < -0.4 is 4.74 Å².